The minimum Gasteiger partial charge on any atom is -0.693 e. The number of rotatable bonds is 11. The van der Waals surface area contributed by atoms with Crippen LogP contribution in [-0.2, 0) is 64.9 Å². The van der Waals surface area contributed by atoms with Crippen molar-refractivity contribution >= 4 is 0 Å². The second-order valence-electron chi connectivity index (χ2n) is 5.71. The first-order chi connectivity index (χ1) is 11.7. The van der Waals surface area contributed by atoms with E-state index >= 15 is 0 Å². The molecule has 2 aromatic rings. The minimum absolute atomic E-state index is 0. The van der Waals surface area contributed by atoms with E-state index in [1.165, 1.54) is 33.3 Å². The van der Waals surface area contributed by atoms with Crippen molar-refractivity contribution in [3.63, 3.8) is 0 Å². The molecule has 0 unspecified atom stereocenters. The maximum Gasteiger partial charge on any atom is -0.358 e. The number of unbranched alkanes of at least 4 members (excludes halogenated alkanes) is 3. The summed E-state index contributed by atoms with van der Waals surface area (Å²) in [5.41, 5.74) is 0. The molecule has 190 valence electrons. The summed E-state index contributed by atoms with van der Waals surface area (Å²) in [6, 6.07) is 0. The number of imidazole rings is 2. The third kappa shape index (κ3) is 11.9. The van der Waals surface area contributed by atoms with Crippen LogP contribution in [0.5, 0.6) is 0 Å². The van der Waals surface area contributed by atoms with Gasteiger partial charge in [0.05, 0.1) is 0 Å². The predicted octanol–water partition coefficient (Wildman–Crippen LogP) is 4.53. The number of nitrogens with zero attached hydrogens (tertiary/aromatic N) is 4. The van der Waals surface area contributed by atoms with E-state index in [-0.39, 0.29) is 55.2 Å². The van der Waals surface area contributed by atoms with Gasteiger partial charge in [-0.1, -0.05) is 0 Å². The van der Waals surface area contributed by atoms with Gasteiger partial charge in [-0.05, 0) is 0 Å². The molecule has 0 aliphatic rings. The molecule has 2 rings (SSSR count). The molecule has 0 fully saturated rings. The first-order valence-corrected chi connectivity index (χ1v) is 10.6. The Morgan fingerprint density at radius 2 is 0.800 bits per heavy atom. The molecule has 0 aromatic carbocycles. The molecule has 0 aliphatic heterocycles. The van der Waals surface area contributed by atoms with Gasteiger partial charge in [-0.25, -0.2) is 0 Å². The van der Waals surface area contributed by atoms with Crippen LogP contribution in [-0.4, -0.2) is 41.7 Å². The van der Waals surface area contributed by atoms with Crippen molar-refractivity contribution in [3.8, 4) is 0 Å². The Morgan fingerprint density at radius 1 is 0.533 bits per heavy atom. The van der Waals surface area contributed by atoms with E-state index < -0.39 is 0 Å². The third-order valence-electron chi connectivity index (χ3n) is 3.96. The van der Waals surface area contributed by atoms with E-state index in [0.717, 1.165) is 13.1 Å². The van der Waals surface area contributed by atoms with Gasteiger partial charge in [-0.3, -0.25) is 0 Å². The van der Waals surface area contributed by atoms with Gasteiger partial charge < -0.3 is 42.0 Å². The fraction of sp³-hybridized carbons (Fsp3) is 0.500. The number of aryl methyl sites for hydroxylation is 2. The summed E-state index contributed by atoms with van der Waals surface area (Å²) in [4.78, 5) is 0. The molecule has 0 saturated carbocycles. The summed E-state index contributed by atoms with van der Waals surface area (Å²) in [5, 5.41) is 18.0. The Balaban J connectivity index is -0.000000347. The molecule has 10 heteroatoms. The van der Waals surface area contributed by atoms with Crippen molar-refractivity contribution in [3.05, 3.63) is 74.4 Å². The molecule has 8 nitrogen and oxygen atoms in total. The summed E-state index contributed by atoms with van der Waals surface area (Å²) in [7, 11) is 0. The maximum atomic E-state index is 9.02. The average Bonchev–Trinajstić information content (AvgIpc) is 3.09. The zero-order chi connectivity index (χ0) is 17.4. The van der Waals surface area contributed by atoms with Crippen LogP contribution in [0.2, 0.25) is 0 Å². The van der Waals surface area contributed by atoms with Crippen LogP contribution >= 0.6 is 0 Å². The van der Waals surface area contributed by atoms with Gasteiger partial charge in [0.25, 0.3) is 0 Å². The summed E-state index contributed by atoms with van der Waals surface area (Å²) < 4.78 is 11.0. The first kappa shape index (κ1) is 40.0. The quantitative estimate of drug-likeness (QED) is 0.257. The molecule has 2 aromatic heterocycles. The standard InChI is InChI=1S/C16H26N4O2.4CH3.2H2N.2Pt/c21-13-11-19-9-7-17(15-19)5-3-1-2-4-6-18-8-10-20(16-18)12-14-22;;;;;;;;/h7-10,21-22H,1-6,11-14H2;4*1H3;2*1H2;;/q;6*-1;;. The number of aliphatic hydroxyl groups is 2. The van der Waals surface area contributed by atoms with E-state index in [1.54, 1.807) is 0 Å². The largest absolute Gasteiger partial charge is 0.693 e. The van der Waals surface area contributed by atoms with Gasteiger partial charge in [0.1, 0.15) is 0 Å². The monoisotopic (exact) mass is 788 g/mol. The third-order valence-corrected chi connectivity index (χ3v) is 6.57. The normalized spacial score (nSPS) is 9.13. The first-order valence-electron chi connectivity index (χ1n) is 8.31. The van der Waals surface area contributed by atoms with Gasteiger partial charge in [0, 0.05) is 0 Å². The molecular weight excluding hydrogens is 746 g/mol. The molecule has 0 saturated heterocycles. The molecule has 6 N–H and O–H groups in total. The number of hydrogen-bond acceptors (Lipinski definition) is 2. The number of aromatic nitrogens is 4. The van der Waals surface area contributed by atoms with Gasteiger partial charge in [0.15, 0.2) is 0 Å². The predicted molar refractivity (Wildman–Crippen MR) is 120 cm³/mol. The zero-order valence-corrected chi connectivity index (χ0v) is 23.4. The van der Waals surface area contributed by atoms with Crippen LogP contribution in [0.15, 0.2) is 24.8 Å². The van der Waals surface area contributed by atoms with Gasteiger partial charge >= 0.3 is 165 Å². The Morgan fingerprint density at radius 3 is 1.07 bits per heavy atom. The average molecular weight is 789 g/mol. The van der Waals surface area contributed by atoms with Crippen molar-refractivity contribution < 1.29 is 48.9 Å². The summed E-state index contributed by atoms with van der Waals surface area (Å²) in [5.74, 6) is 0. The van der Waals surface area contributed by atoms with Crippen molar-refractivity contribution in [2.45, 2.75) is 51.9 Å². The van der Waals surface area contributed by atoms with E-state index in [2.05, 4.69) is 69.4 Å². The fourth-order valence-corrected chi connectivity index (χ4v) is 4.35. The second-order valence-corrected chi connectivity index (χ2v) is 7.75. The summed E-state index contributed by atoms with van der Waals surface area (Å²) in [6.45, 7) is 3.77. The molecular formula is C20H42N6O2Pt2-6. The van der Waals surface area contributed by atoms with Crippen LogP contribution < -0.4 is 0 Å². The number of nitrogens with two attached hydrogens (primary N) is 2. The molecule has 0 spiro atoms. The van der Waals surface area contributed by atoms with Gasteiger partial charge in [-0.2, -0.15) is 0 Å². The Hall–Kier alpha value is -0.363. The topological polar surface area (TPSA) is 127 Å². The van der Waals surface area contributed by atoms with Crippen molar-refractivity contribution in [1.29, 1.82) is 0 Å². The van der Waals surface area contributed by atoms with Crippen molar-refractivity contribution in [2.75, 3.05) is 13.2 Å². The smallest absolute Gasteiger partial charge is 0.358 e. The van der Waals surface area contributed by atoms with Crippen LogP contribution in [0.1, 0.15) is 25.7 Å². The minimum atomic E-state index is 0. The second kappa shape index (κ2) is 21.9. The number of hydrogen-bond donors (Lipinski definition) is 2. The SMILES string of the molecule is OCCn1ccn(CCCCCCn2ccn(CCO)[c]2=[Pt])[c]1=[Pt].[CH3-].[CH3-].[CH3-].[CH3-].[NH2-].[NH2-]. The number of aliphatic hydroxyl groups excluding tert-OH is 2. The van der Waals surface area contributed by atoms with Crippen molar-refractivity contribution in [1.82, 2.24) is 18.3 Å². The Bertz CT molecular complexity index is 674. The van der Waals surface area contributed by atoms with Crippen LogP contribution in [0.3, 0.4) is 0 Å². The van der Waals surface area contributed by atoms with Crippen LogP contribution in [0, 0.1) is 37.3 Å². The van der Waals surface area contributed by atoms with Crippen LogP contribution in [0.25, 0.3) is 12.3 Å². The van der Waals surface area contributed by atoms with Gasteiger partial charge in [0.2, 0.25) is 0 Å². The van der Waals surface area contributed by atoms with E-state index in [0.29, 0.717) is 13.1 Å². The maximum absolute atomic E-state index is 9.02. The van der Waals surface area contributed by atoms with Crippen molar-refractivity contribution in [2.24, 2.45) is 0 Å². The Kier molecular flexibility index (Phi) is 29.2. The van der Waals surface area contributed by atoms with E-state index in [9.17, 15) is 0 Å². The van der Waals surface area contributed by atoms with Crippen LogP contribution in [0.4, 0.5) is 0 Å². The molecule has 0 atom stereocenters. The summed E-state index contributed by atoms with van der Waals surface area (Å²) in [6.07, 6.45) is 13.1. The molecule has 30 heavy (non-hydrogen) atoms. The zero-order valence-electron chi connectivity index (χ0n) is 18.9. The van der Waals surface area contributed by atoms with Gasteiger partial charge in [-0.15, -0.1) is 0 Å². The van der Waals surface area contributed by atoms with E-state index in [4.69, 9.17) is 10.2 Å². The summed E-state index contributed by atoms with van der Waals surface area (Å²) >= 11 is 4.64. The molecule has 0 amide bonds. The fourth-order valence-electron chi connectivity index (χ4n) is 2.65. The Labute approximate surface area is 205 Å². The van der Waals surface area contributed by atoms with E-state index in [1.807, 2.05) is 12.4 Å². The molecule has 0 bridgehead atoms. The molecule has 2 heterocycles. The molecule has 0 aliphatic carbocycles. The molecule has 0 radical (unpaired) electrons.